The molecule has 0 aliphatic carbocycles. The molecule has 10 heteroatoms. The standard InChI is InChI=1S/C18H24N4O4S2/c1-12-5-9-22(10-6-12)28(24,25)15-11-14(27-13(15)2)16-19-20-17(26-16)18(23)21-7-3-4-8-21/h11-12H,3-10H2,1-2H3. The number of amides is 1. The summed E-state index contributed by atoms with van der Waals surface area (Å²) in [7, 11) is -3.55. The molecule has 152 valence electrons. The van der Waals surface area contributed by atoms with Gasteiger partial charge in [0.2, 0.25) is 10.0 Å². The molecule has 0 aromatic carbocycles. The molecule has 0 N–H and O–H groups in total. The van der Waals surface area contributed by atoms with Crippen LogP contribution in [0, 0.1) is 12.8 Å². The Morgan fingerprint density at radius 1 is 1.18 bits per heavy atom. The first-order valence-electron chi connectivity index (χ1n) is 9.60. The predicted octanol–water partition coefficient (Wildman–Crippen LogP) is 2.76. The van der Waals surface area contributed by atoms with Crippen LogP contribution in [0.2, 0.25) is 0 Å². The van der Waals surface area contributed by atoms with Crippen molar-refractivity contribution in [1.29, 1.82) is 0 Å². The predicted molar refractivity (Wildman–Crippen MR) is 105 cm³/mol. The molecule has 2 aliphatic heterocycles. The van der Waals surface area contributed by atoms with Crippen LogP contribution in [0.5, 0.6) is 0 Å². The largest absolute Gasteiger partial charge is 0.411 e. The SMILES string of the molecule is Cc1sc(-c2nnc(C(=O)N3CCCC3)o2)cc1S(=O)(=O)N1CCC(C)CC1. The number of likely N-dealkylation sites (tertiary alicyclic amines) is 1. The van der Waals surface area contributed by atoms with Gasteiger partial charge in [-0.25, -0.2) is 8.42 Å². The number of piperidine rings is 1. The number of hydrogen-bond donors (Lipinski definition) is 0. The summed E-state index contributed by atoms with van der Waals surface area (Å²) in [6, 6.07) is 1.59. The summed E-state index contributed by atoms with van der Waals surface area (Å²) >= 11 is 1.29. The molecule has 1 amide bonds. The van der Waals surface area contributed by atoms with E-state index in [1.165, 1.54) is 11.3 Å². The van der Waals surface area contributed by atoms with Crippen LogP contribution in [-0.2, 0) is 10.0 Å². The van der Waals surface area contributed by atoms with Gasteiger partial charge in [-0.05, 0) is 44.6 Å². The van der Waals surface area contributed by atoms with Gasteiger partial charge in [0, 0.05) is 31.1 Å². The van der Waals surface area contributed by atoms with Gasteiger partial charge >= 0.3 is 11.8 Å². The normalized spacial score (nSPS) is 19.4. The van der Waals surface area contributed by atoms with E-state index in [0.29, 0.717) is 41.9 Å². The van der Waals surface area contributed by atoms with E-state index in [9.17, 15) is 13.2 Å². The van der Waals surface area contributed by atoms with Gasteiger partial charge in [0.05, 0.1) is 9.77 Å². The Hall–Kier alpha value is -1.78. The zero-order valence-corrected chi connectivity index (χ0v) is 17.7. The molecule has 8 nitrogen and oxygen atoms in total. The van der Waals surface area contributed by atoms with Crippen LogP contribution < -0.4 is 0 Å². The lowest BCUT2D eigenvalue weighted by atomic mass is 10.0. The van der Waals surface area contributed by atoms with Crippen LogP contribution in [0.15, 0.2) is 15.4 Å². The van der Waals surface area contributed by atoms with Crippen LogP contribution >= 0.6 is 11.3 Å². The second-order valence-electron chi connectivity index (χ2n) is 7.53. The van der Waals surface area contributed by atoms with Crippen molar-refractivity contribution in [3.8, 4) is 10.8 Å². The zero-order valence-electron chi connectivity index (χ0n) is 16.0. The minimum absolute atomic E-state index is 0.0441. The number of aromatic nitrogens is 2. The first-order chi connectivity index (χ1) is 13.4. The van der Waals surface area contributed by atoms with Crippen LogP contribution in [0.25, 0.3) is 10.8 Å². The number of thiophene rings is 1. The molecule has 2 aromatic rings. The lowest BCUT2D eigenvalue weighted by Gasteiger charge is -2.29. The number of sulfonamides is 1. The molecule has 2 saturated heterocycles. The maximum atomic E-state index is 13.1. The van der Waals surface area contributed by atoms with Crippen molar-refractivity contribution in [2.45, 2.75) is 44.4 Å². The summed E-state index contributed by atoms with van der Waals surface area (Å²) in [4.78, 5) is 15.6. The summed E-state index contributed by atoms with van der Waals surface area (Å²) in [6.07, 6.45) is 3.71. The van der Waals surface area contributed by atoms with Crippen molar-refractivity contribution in [3.05, 3.63) is 16.8 Å². The van der Waals surface area contributed by atoms with Crippen molar-refractivity contribution >= 4 is 27.3 Å². The van der Waals surface area contributed by atoms with E-state index in [0.717, 1.165) is 25.7 Å². The molecule has 0 atom stereocenters. The van der Waals surface area contributed by atoms with Crippen molar-refractivity contribution in [3.63, 3.8) is 0 Å². The van der Waals surface area contributed by atoms with Crippen molar-refractivity contribution < 1.29 is 17.6 Å². The molecule has 0 spiro atoms. The smallest absolute Gasteiger partial charge is 0.311 e. The first kappa shape index (κ1) is 19.5. The Labute approximate surface area is 168 Å². The lowest BCUT2D eigenvalue weighted by molar-refractivity contribution is 0.0754. The fourth-order valence-corrected chi connectivity index (χ4v) is 6.61. The molecule has 2 fully saturated rings. The van der Waals surface area contributed by atoms with Gasteiger partial charge in [-0.1, -0.05) is 6.92 Å². The highest BCUT2D eigenvalue weighted by Gasteiger charge is 2.32. The Balaban J connectivity index is 1.57. The first-order valence-corrected chi connectivity index (χ1v) is 11.9. The summed E-state index contributed by atoms with van der Waals surface area (Å²) in [5.41, 5.74) is 0. The number of aryl methyl sites for hydroxylation is 1. The second-order valence-corrected chi connectivity index (χ2v) is 10.7. The molecular weight excluding hydrogens is 400 g/mol. The second kappa shape index (κ2) is 7.57. The van der Waals surface area contributed by atoms with E-state index < -0.39 is 10.0 Å². The van der Waals surface area contributed by atoms with Crippen LogP contribution in [0.1, 0.15) is 48.2 Å². The third-order valence-electron chi connectivity index (χ3n) is 5.44. The monoisotopic (exact) mass is 424 g/mol. The van der Waals surface area contributed by atoms with Gasteiger partial charge in [0.15, 0.2) is 0 Å². The van der Waals surface area contributed by atoms with Gasteiger partial charge in [0.25, 0.3) is 5.89 Å². The molecule has 28 heavy (non-hydrogen) atoms. The number of carbonyl (C=O) groups is 1. The lowest BCUT2D eigenvalue weighted by Crippen LogP contribution is -2.37. The van der Waals surface area contributed by atoms with Gasteiger partial charge in [-0.2, -0.15) is 4.31 Å². The summed E-state index contributed by atoms with van der Waals surface area (Å²) in [6.45, 7) is 6.41. The maximum Gasteiger partial charge on any atom is 0.311 e. The third kappa shape index (κ3) is 3.60. The highest BCUT2D eigenvalue weighted by Crippen LogP contribution is 2.35. The fourth-order valence-electron chi connectivity index (χ4n) is 3.66. The number of nitrogens with zero attached hydrogens (tertiary/aromatic N) is 4. The summed E-state index contributed by atoms with van der Waals surface area (Å²) in [5.74, 6) is 0.428. The van der Waals surface area contributed by atoms with Gasteiger partial charge < -0.3 is 9.32 Å². The van der Waals surface area contributed by atoms with E-state index in [-0.39, 0.29) is 22.6 Å². The quantitative estimate of drug-likeness (QED) is 0.749. The molecule has 0 bridgehead atoms. The molecule has 2 aliphatic rings. The summed E-state index contributed by atoms with van der Waals surface area (Å²) in [5, 5.41) is 7.85. The molecule has 0 unspecified atom stereocenters. The highest BCUT2D eigenvalue weighted by molar-refractivity contribution is 7.89. The number of rotatable bonds is 4. The molecule has 0 radical (unpaired) electrons. The Morgan fingerprint density at radius 3 is 2.54 bits per heavy atom. The number of hydrogen-bond acceptors (Lipinski definition) is 7. The van der Waals surface area contributed by atoms with Crippen molar-refractivity contribution in [2.24, 2.45) is 5.92 Å². The van der Waals surface area contributed by atoms with Crippen LogP contribution in [0.3, 0.4) is 0 Å². The summed E-state index contributed by atoms with van der Waals surface area (Å²) < 4.78 is 33.2. The third-order valence-corrected chi connectivity index (χ3v) is 8.64. The topological polar surface area (TPSA) is 96.6 Å². The Kier molecular flexibility index (Phi) is 5.28. The zero-order chi connectivity index (χ0) is 19.9. The van der Waals surface area contributed by atoms with Crippen molar-refractivity contribution in [2.75, 3.05) is 26.2 Å². The van der Waals surface area contributed by atoms with E-state index in [4.69, 9.17) is 4.42 Å². The van der Waals surface area contributed by atoms with Crippen LogP contribution in [-0.4, -0.2) is 59.9 Å². The minimum Gasteiger partial charge on any atom is -0.411 e. The Bertz CT molecular complexity index is 968. The van der Waals surface area contributed by atoms with Gasteiger partial charge in [0.1, 0.15) is 0 Å². The van der Waals surface area contributed by atoms with E-state index in [1.807, 2.05) is 0 Å². The average Bonchev–Trinajstić information content (AvgIpc) is 3.42. The molecule has 4 heterocycles. The van der Waals surface area contributed by atoms with E-state index in [1.54, 1.807) is 22.2 Å². The van der Waals surface area contributed by atoms with Gasteiger partial charge in [-0.15, -0.1) is 21.5 Å². The van der Waals surface area contributed by atoms with Crippen molar-refractivity contribution in [1.82, 2.24) is 19.4 Å². The van der Waals surface area contributed by atoms with E-state index >= 15 is 0 Å². The fraction of sp³-hybridized carbons (Fsp3) is 0.611. The van der Waals surface area contributed by atoms with Gasteiger partial charge in [-0.3, -0.25) is 4.79 Å². The number of carbonyl (C=O) groups excluding carboxylic acids is 1. The average molecular weight is 425 g/mol. The maximum absolute atomic E-state index is 13.1. The molecule has 4 rings (SSSR count). The van der Waals surface area contributed by atoms with Crippen LogP contribution in [0.4, 0.5) is 0 Å². The minimum atomic E-state index is -3.55. The molecular formula is C18H24N4O4S2. The highest BCUT2D eigenvalue weighted by atomic mass is 32.2. The Morgan fingerprint density at radius 2 is 1.86 bits per heavy atom. The van der Waals surface area contributed by atoms with E-state index in [2.05, 4.69) is 17.1 Å². The molecule has 2 aromatic heterocycles. The molecule has 0 saturated carbocycles.